The Hall–Kier alpha value is -1.62. The fraction of sp³-hybridized carbons (Fsp3) is 0.364. The molecule has 0 heterocycles. The topological polar surface area (TPSA) is 69.4 Å². The maximum absolute atomic E-state index is 11.3. The van der Waals surface area contributed by atoms with Gasteiger partial charge < -0.3 is 4.74 Å². The van der Waals surface area contributed by atoms with E-state index in [1.54, 1.807) is 0 Å². The minimum Gasteiger partial charge on any atom is -0.478 e. The van der Waals surface area contributed by atoms with Gasteiger partial charge in [-0.3, -0.25) is 14.9 Å². The molecule has 0 aromatic heterocycles. The molecule has 92 valence electrons. The molecule has 1 aromatic rings. The highest BCUT2D eigenvalue weighted by Gasteiger charge is 2.18. The molecule has 0 saturated carbocycles. The number of nitrogens with zero attached hydrogens (tertiary/aromatic N) is 1. The van der Waals surface area contributed by atoms with Gasteiger partial charge in [-0.05, 0) is 12.5 Å². The van der Waals surface area contributed by atoms with E-state index < -0.39 is 4.92 Å². The number of rotatable bonds is 6. The third kappa shape index (κ3) is 3.71. The molecule has 0 saturated heterocycles. The smallest absolute Gasteiger partial charge is 0.312 e. The molecule has 0 bridgehead atoms. The minimum absolute atomic E-state index is 0.0522. The Balaban J connectivity index is 2.82. The molecule has 0 fully saturated rings. The van der Waals surface area contributed by atoms with Crippen LogP contribution in [0.4, 0.5) is 5.69 Å². The molecular weight excluding hydrogens is 246 g/mol. The Bertz CT molecular complexity index is 433. The third-order valence-corrected chi connectivity index (χ3v) is 2.35. The van der Waals surface area contributed by atoms with Crippen LogP contribution in [0.5, 0.6) is 5.75 Å². The summed E-state index contributed by atoms with van der Waals surface area (Å²) in [5.41, 5.74) is -0.234. The molecule has 0 amide bonds. The van der Waals surface area contributed by atoms with Crippen molar-refractivity contribution in [3.05, 3.63) is 33.3 Å². The molecule has 1 aromatic carbocycles. The van der Waals surface area contributed by atoms with E-state index in [1.807, 2.05) is 6.92 Å². The van der Waals surface area contributed by atoms with Crippen molar-refractivity contribution in [3.63, 3.8) is 0 Å². The number of ketones is 1. The monoisotopic (exact) mass is 257 g/mol. The van der Waals surface area contributed by atoms with Crippen LogP contribution < -0.4 is 4.74 Å². The van der Waals surface area contributed by atoms with Gasteiger partial charge in [0.05, 0.1) is 9.95 Å². The van der Waals surface area contributed by atoms with E-state index in [2.05, 4.69) is 0 Å². The van der Waals surface area contributed by atoms with Gasteiger partial charge in [0.2, 0.25) is 5.75 Å². The normalized spacial score (nSPS) is 10.0. The molecule has 17 heavy (non-hydrogen) atoms. The number of para-hydroxylation sites is 1. The first kappa shape index (κ1) is 13.4. The number of carbonyl (C=O) groups excluding carboxylic acids is 1. The van der Waals surface area contributed by atoms with Crippen molar-refractivity contribution in [1.82, 2.24) is 0 Å². The van der Waals surface area contributed by atoms with Crippen molar-refractivity contribution in [2.24, 2.45) is 0 Å². The number of hydrogen-bond acceptors (Lipinski definition) is 4. The summed E-state index contributed by atoms with van der Waals surface area (Å²) in [7, 11) is 0. The summed E-state index contributed by atoms with van der Waals surface area (Å²) in [6.45, 7) is 1.67. The van der Waals surface area contributed by atoms with E-state index >= 15 is 0 Å². The van der Waals surface area contributed by atoms with Crippen molar-refractivity contribution in [2.45, 2.75) is 19.8 Å². The van der Waals surface area contributed by atoms with E-state index in [0.29, 0.717) is 12.8 Å². The molecule has 0 unspecified atom stereocenters. The van der Waals surface area contributed by atoms with E-state index in [-0.39, 0.29) is 28.8 Å². The lowest BCUT2D eigenvalue weighted by Gasteiger charge is -2.07. The number of ether oxygens (including phenoxy) is 1. The summed E-state index contributed by atoms with van der Waals surface area (Å²) in [5.74, 6) is -0.162. The maximum Gasteiger partial charge on any atom is 0.312 e. The molecule has 5 nitrogen and oxygen atoms in total. The summed E-state index contributed by atoms with van der Waals surface area (Å²) in [6.07, 6.45) is 1.10. The Morgan fingerprint density at radius 2 is 2.24 bits per heavy atom. The van der Waals surface area contributed by atoms with Crippen molar-refractivity contribution < 1.29 is 14.5 Å². The Morgan fingerprint density at radius 1 is 1.53 bits per heavy atom. The predicted molar refractivity (Wildman–Crippen MR) is 63.5 cm³/mol. The largest absolute Gasteiger partial charge is 0.478 e. The Labute approximate surface area is 103 Å². The van der Waals surface area contributed by atoms with Gasteiger partial charge in [0.25, 0.3) is 0 Å². The van der Waals surface area contributed by atoms with Crippen LogP contribution in [0.3, 0.4) is 0 Å². The van der Waals surface area contributed by atoms with Gasteiger partial charge in [-0.1, -0.05) is 24.6 Å². The lowest BCUT2D eigenvalue weighted by Crippen LogP contribution is -2.11. The molecule has 0 atom stereocenters. The van der Waals surface area contributed by atoms with Gasteiger partial charge in [0.15, 0.2) is 5.78 Å². The van der Waals surface area contributed by atoms with Crippen LogP contribution in [-0.4, -0.2) is 17.3 Å². The highest BCUT2D eigenvalue weighted by Crippen LogP contribution is 2.34. The van der Waals surface area contributed by atoms with Gasteiger partial charge in [0, 0.05) is 12.5 Å². The average Bonchev–Trinajstić information content (AvgIpc) is 2.27. The maximum atomic E-state index is 11.3. The first-order valence-corrected chi connectivity index (χ1v) is 5.51. The summed E-state index contributed by atoms with van der Waals surface area (Å²) in [4.78, 5) is 21.4. The minimum atomic E-state index is -0.592. The number of nitro benzene ring substituents is 1. The molecular formula is C11H12ClNO4. The van der Waals surface area contributed by atoms with Crippen LogP contribution >= 0.6 is 11.6 Å². The first-order chi connectivity index (χ1) is 8.06. The zero-order chi connectivity index (χ0) is 12.8. The SMILES string of the molecule is CCCC(=O)COc1c(Cl)cccc1[N+](=O)[O-]. The van der Waals surface area contributed by atoms with E-state index in [4.69, 9.17) is 16.3 Å². The van der Waals surface area contributed by atoms with Gasteiger partial charge in [-0.2, -0.15) is 0 Å². The summed E-state index contributed by atoms with van der Waals surface area (Å²) in [6, 6.07) is 4.22. The molecule has 0 N–H and O–H groups in total. The molecule has 0 aliphatic rings. The fourth-order valence-electron chi connectivity index (χ4n) is 1.29. The first-order valence-electron chi connectivity index (χ1n) is 5.13. The van der Waals surface area contributed by atoms with Gasteiger partial charge in [0.1, 0.15) is 6.61 Å². The molecule has 0 aliphatic heterocycles. The third-order valence-electron chi connectivity index (χ3n) is 2.05. The number of halogens is 1. The van der Waals surface area contributed by atoms with Crippen molar-refractivity contribution in [3.8, 4) is 5.75 Å². The van der Waals surface area contributed by atoms with E-state index in [1.165, 1.54) is 18.2 Å². The second-order valence-corrected chi connectivity index (χ2v) is 3.83. The van der Waals surface area contributed by atoms with E-state index in [0.717, 1.165) is 0 Å². The van der Waals surface area contributed by atoms with Crippen molar-refractivity contribution in [2.75, 3.05) is 6.61 Å². The summed E-state index contributed by atoms with van der Waals surface area (Å²) in [5, 5.41) is 10.9. The number of benzene rings is 1. The van der Waals surface area contributed by atoms with Crippen LogP contribution in [0.2, 0.25) is 5.02 Å². The molecule has 0 aliphatic carbocycles. The highest BCUT2D eigenvalue weighted by molar-refractivity contribution is 6.32. The number of Topliss-reactive ketones (excluding diaryl/α,β-unsaturated/α-hetero) is 1. The van der Waals surface area contributed by atoms with E-state index in [9.17, 15) is 14.9 Å². The second-order valence-electron chi connectivity index (χ2n) is 3.42. The van der Waals surface area contributed by atoms with Gasteiger partial charge >= 0.3 is 5.69 Å². The molecule has 6 heteroatoms. The van der Waals surface area contributed by atoms with Gasteiger partial charge in [-0.15, -0.1) is 0 Å². The zero-order valence-electron chi connectivity index (χ0n) is 9.31. The Kier molecular flexibility index (Phi) is 4.90. The summed E-state index contributed by atoms with van der Waals surface area (Å²) < 4.78 is 5.12. The standard InChI is InChI=1S/C11H12ClNO4/c1-2-4-8(14)7-17-11-9(12)5-3-6-10(11)13(15)16/h3,5-6H,2,4,7H2,1H3. The van der Waals surface area contributed by atoms with Crippen LogP contribution in [-0.2, 0) is 4.79 Å². The van der Waals surface area contributed by atoms with Gasteiger partial charge in [-0.25, -0.2) is 0 Å². The van der Waals surface area contributed by atoms with Crippen molar-refractivity contribution in [1.29, 1.82) is 0 Å². The highest BCUT2D eigenvalue weighted by atomic mass is 35.5. The van der Waals surface area contributed by atoms with Crippen LogP contribution in [0.25, 0.3) is 0 Å². The predicted octanol–water partition coefficient (Wildman–Crippen LogP) is 3.00. The molecule has 1 rings (SSSR count). The van der Waals surface area contributed by atoms with Crippen molar-refractivity contribution >= 4 is 23.1 Å². The van der Waals surface area contributed by atoms with Crippen LogP contribution in [0.1, 0.15) is 19.8 Å². The number of carbonyl (C=O) groups is 1. The lowest BCUT2D eigenvalue weighted by atomic mass is 10.2. The number of hydrogen-bond donors (Lipinski definition) is 0. The number of nitro groups is 1. The van der Waals surface area contributed by atoms with Crippen LogP contribution in [0, 0.1) is 10.1 Å². The molecule has 0 radical (unpaired) electrons. The Morgan fingerprint density at radius 3 is 2.82 bits per heavy atom. The quantitative estimate of drug-likeness (QED) is 0.580. The fourth-order valence-corrected chi connectivity index (χ4v) is 1.51. The zero-order valence-corrected chi connectivity index (χ0v) is 10.1. The summed E-state index contributed by atoms with van der Waals surface area (Å²) >= 11 is 5.79. The lowest BCUT2D eigenvalue weighted by molar-refractivity contribution is -0.385. The van der Waals surface area contributed by atoms with Crippen LogP contribution in [0.15, 0.2) is 18.2 Å². The second kappa shape index (κ2) is 6.20. The average molecular weight is 258 g/mol. The molecule has 0 spiro atoms.